The Morgan fingerprint density at radius 1 is 1.41 bits per heavy atom. The van der Waals surface area contributed by atoms with E-state index in [0.29, 0.717) is 12.2 Å². The van der Waals surface area contributed by atoms with Gasteiger partial charge in [-0.05, 0) is 18.1 Å². The third-order valence-electron chi connectivity index (χ3n) is 3.03. The molecule has 0 aliphatic carbocycles. The lowest BCUT2D eigenvalue weighted by atomic mass is 10.2. The molecule has 1 N–H and O–H groups in total. The topological polar surface area (TPSA) is 49.8 Å². The standard InChI is InChI=1S/C12H10ClNO3/c13-9-10(12(16)17-11(9)15)14-6-5-7-3-1-2-4-8(7)14/h1-4,12,16H,5-6H2. The number of fused-ring (bicyclic) bond motifs is 1. The molecule has 0 aromatic heterocycles. The quantitative estimate of drug-likeness (QED) is 0.766. The van der Waals surface area contributed by atoms with Crippen LogP contribution < -0.4 is 4.90 Å². The molecular formula is C12H10ClNO3. The molecule has 3 rings (SSSR count). The van der Waals surface area contributed by atoms with E-state index in [4.69, 9.17) is 11.6 Å². The Hall–Kier alpha value is -1.52. The summed E-state index contributed by atoms with van der Waals surface area (Å²) in [6, 6.07) is 7.84. The van der Waals surface area contributed by atoms with Crippen LogP contribution in [0.25, 0.3) is 0 Å². The van der Waals surface area contributed by atoms with Gasteiger partial charge in [-0.1, -0.05) is 29.8 Å². The molecule has 0 saturated carbocycles. The predicted molar refractivity (Wildman–Crippen MR) is 62.5 cm³/mol. The van der Waals surface area contributed by atoms with Gasteiger partial charge >= 0.3 is 5.97 Å². The Balaban J connectivity index is 2.06. The first-order chi connectivity index (χ1) is 8.18. The Kier molecular flexibility index (Phi) is 2.34. The van der Waals surface area contributed by atoms with Crippen molar-refractivity contribution in [1.82, 2.24) is 0 Å². The summed E-state index contributed by atoms with van der Waals surface area (Å²) < 4.78 is 4.68. The van der Waals surface area contributed by atoms with Crippen LogP contribution in [0.2, 0.25) is 0 Å². The van der Waals surface area contributed by atoms with Crippen molar-refractivity contribution < 1.29 is 14.6 Å². The van der Waals surface area contributed by atoms with Crippen LogP contribution in [0.15, 0.2) is 35.0 Å². The van der Waals surface area contributed by atoms with Gasteiger partial charge in [-0.15, -0.1) is 0 Å². The number of carbonyl (C=O) groups excluding carboxylic acids is 1. The first kappa shape index (κ1) is 10.6. The average molecular weight is 252 g/mol. The van der Waals surface area contributed by atoms with Gasteiger partial charge in [0.1, 0.15) is 5.70 Å². The molecule has 2 heterocycles. The van der Waals surface area contributed by atoms with Gasteiger partial charge in [0.05, 0.1) is 0 Å². The Morgan fingerprint density at radius 2 is 2.18 bits per heavy atom. The third kappa shape index (κ3) is 1.52. The summed E-state index contributed by atoms with van der Waals surface area (Å²) in [5, 5.41) is 9.66. The minimum absolute atomic E-state index is 0.0331. The molecule has 1 atom stereocenters. The Labute approximate surface area is 103 Å². The maximum Gasteiger partial charge on any atom is 0.354 e. The summed E-state index contributed by atoms with van der Waals surface area (Å²) in [5.74, 6) is -0.668. The highest BCUT2D eigenvalue weighted by molar-refractivity contribution is 6.42. The van der Waals surface area contributed by atoms with Gasteiger partial charge in [0.15, 0.2) is 5.03 Å². The number of carbonyl (C=O) groups is 1. The lowest BCUT2D eigenvalue weighted by Crippen LogP contribution is -2.27. The zero-order valence-electron chi connectivity index (χ0n) is 8.89. The molecule has 1 aromatic rings. The lowest BCUT2D eigenvalue weighted by Gasteiger charge is -2.22. The first-order valence-electron chi connectivity index (χ1n) is 5.32. The van der Waals surface area contributed by atoms with Crippen molar-refractivity contribution in [1.29, 1.82) is 0 Å². The molecular weight excluding hydrogens is 242 g/mol. The second kappa shape index (κ2) is 3.75. The highest BCUT2D eigenvalue weighted by Crippen LogP contribution is 2.36. The van der Waals surface area contributed by atoms with Gasteiger partial charge in [0.2, 0.25) is 6.29 Å². The largest absolute Gasteiger partial charge is 0.425 e. The smallest absolute Gasteiger partial charge is 0.354 e. The molecule has 5 heteroatoms. The number of nitrogens with zero attached hydrogens (tertiary/aromatic N) is 1. The maximum atomic E-state index is 11.3. The van der Waals surface area contributed by atoms with E-state index in [1.165, 1.54) is 5.56 Å². The number of aliphatic hydroxyl groups is 1. The molecule has 88 valence electrons. The number of benzene rings is 1. The molecule has 0 amide bonds. The van der Waals surface area contributed by atoms with E-state index >= 15 is 0 Å². The molecule has 0 bridgehead atoms. The van der Waals surface area contributed by atoms with Gasteiger partial charge in [-0.2, -0.15) is 0 Å². The molecule has 1 aromatic carbocycles. The molecule has 4 nitrogen and oxygen atoms in total. The zero-order chi connectivity index (χ0) is 12.0. The monoisotopic (exact) mass is 251 g/mol. The fraction of sp³-hybridized carbons (Fsp3) is 0.250. The van der Waals surface area contributed by atoms with Crippen LogP contribution in [0.1, 0.15) is 5.56 Å². The average Bonchev–Trinajstić information content (AvgIpc) is 2.82. The summed E-state index contributed by atoms with van der Waals surface area (Å²) in [7, 11) is 0. The fourth-order valence-electron chi connectivity index (χ4n) is 2.26. The van der Waals surface area contributed by atoms with Crippen molar-refractivity contribution in [3.8, 4) is 0 Å². The van der Waals surface area contributed by atoms with Crippen molar-refractivity contribution >= 4 is 23.3 Å². The molecule has 2 aliphatic rings. The van der Waals surface area contributed by atoms with Crippen LogP contribution in [0.5, 0.6) is 0 Å². The number of halogens is 1. The second-order valence-corrected chi connectivity index (χ2v) is 4.37. The zero-order valence-corrected chi connectivity index (χ0v) is 9.65. The molecule has 1 unspecified atom stereocenters. The van der Waals surface area contributed by atoms with E-state index in [0.717, 1.165) is 12.1 Å². The molecule has 17 heavy (non-hydrogen) atoms. The van der Waals surface area contributed by atoms with E-state index in [1.807, 2.05) is 29.2 Å². The number of hydrogen-bond acceptors (Lipinski definition) is 4. The molecule has 0 spiro atoms. The van der Waals surface area contributed by atoms with Crippen molar-refractivity contribution in [2.45, 2.75) is 12.7 Å². The van der Waals surface area contributed by atoms with Crippen LogP contribution in [0.4, 0.5) is 5.69 Å². The third-order valence-corrected chi connectivity index (χ3v) is 3.38. The number of para-hydroxylation sites is 1. The van der Waals surface area contributed by atoms with Crippen LogP contribution in [-0.2, 0) is 16.0 Å². The first-order valence-corrected chi connectivity index (χ1v) is 5.70. The second-order valence-electron chi connectivity index (χ2n) is 3.99. The van der Waals surface area contributed by atoms with Crippen molar-refractivity contribution in [2.24, 2.45) is 0 Å². The van der Waals surface area contributed by atoms with Crippen molar-refractivity contribution in [2.75, 3.05) is 11.4 Å². The van der Waals surface area contributed by atoms with Crippen LogP contribution in [0.3, 0.4) is 0 Å². The minimum Gasteiger partial charge on any atom is -0.425 e. The number of anilines is 1. The maximum absolute atomic E-state index is 11.3. The van der Waals surface area contributed by atoms with E-state index in [1.54, 1.807) is 0 Å². The van der Waals surface area contributed by atoms with E-state index in [-0.39, 0.29) is 5.03 Å². The fourth-order valence-corrected chi connectivity index (χ4v) is 2.50. The van der Waals surface area contributed by atoms with Crippen LogP contribution >= 0.6 is 11.6 Å². The highest BCUT2D eigenvalue weighted by Gasteiger charge is 2.37. The predicted octanol–water partition coefficient (Wildman–Crippen LogP) is 1.37. The summed E-state index contributed by atoms with van der Waals surface area (Å²) >= 11 is 5.87. The molecule has 2 aliphatic heterocycles. The molecule has 0 fully saturated rings. The van der Waals surface area contributed by atoms with E-state index < -0.39 is 12.3 Å². The van der Waals surface area contributed by atoms with Crippen molar-refractivity contribution in [3.05, 3.63) is 40.6 Å². The van der Waals surface area contributed by atoms with E-state index in [9.17, 15) is 9.90 Å². The Bertz CT molecular complexity index is 526. The summed E-state index contributed by atoms with van der Waals surface area (Å²) in [6.07, 6.45) is -0.397. The Morgan fingerprint density at radius 3 is 2.88 bits per heavy atom. The number of aliphatic hydroxyl groups excluding tert-OH is 1. The SMILES string of the molecule is O=C1OC(O)C(N2CCc3ccccc32)=C1Cl. The lowest BCUT2D eigenvalue weighted by molar-refractivity contribution is -0.151. The van der Waals surface area contributed by atoms with Gasteiger partial charge in [0, 0.05) is 12.2 Å². The minimum atomic E-state index is -1.26. The van der Waals surface area contributed by atoms with Gasteiger partial charge in [-0.3, -0.25) is 0 Å². The normalized spacial score (nSPS) is 23.1. The molecule has 0 saturated heterocycles. The van der Waals surface area contributed by atoms with Crippen LogP contribution in [0, 0.1) is 0 Å². The summed E-state index contributed by atoms with van der Waals surface area (Å²) in [5.41, 5.74) is 2.50. The van der Waals surface area contributed by atoms with E-state index in [2.05, 4.69) is 4.74 Å². The van der Waals surface area contributed by atoms with Gasteiger partial charge < -0.3 is 14.7 Å². The number of rotatable bonds is 1. The number of hydrogen-bond donors (Lipinski definition) is 1. The molecule has 0 radical (unpaired) electrons. The number of ether oxygens (including phenoxy) is 1. The summed E-state index contributed by atoms with van der Waals surface area (Å²) in [4.78, 5) is 13.1. The van der Waals surface area contributed by atoms with Crippen molar-refractivity contribution in [3.63, 3.8) is 0 Å². The highest BCUT2D eigenvalue weighted by atomic mass is 35.5. The number of esters is 1. The van der Waals surface area contributed by atoms with Crippen LogP contribution in [-0.4, -0.2) is 23.9 Å². The van der Waals surface area contributed by atoms with Gasteiger partial charge in [-0.25, -0.2) is 4.79 Å². The summed E-state index contributed by atoms with van der Waals surface area (Å²) in [6.45, 7) is 0.693. The van der Waals surface area contributed by atoms with Gasteiger partial charge in [0.25, 0.3) is 0 Å². The number of cyclic esters (lactones) is 1.